The van der Waals surface area contributed by atoms with E-state index in [9.17, 15) is 4.79 Å². The molecule has 20 heavy (non-hydrogen) atoms. The molecule has 0 saturated carbocycles. The number of hydrogen-bond acceptors (Lipinski definition) is 4. The third kappa shape index (κ3) is 4.63. The standard InChI is InChI=1S/C15H29N3O2/c1-16(2)15(19)20-13-12-17-10-6-14(7-11-17)18-8-4-3-5-9-18/h14H,3-13H2,1-2H3. The van der Waals surface area contributed by atoms with Crippen LogP contribution in [0.5, 0.6) is 0 Å². The molecule has 2 saturated heterocycles. The van der Waals surface area contributed by atoms with E-state index >= 15 is 0 Å². The first kappa shape index (κ1) is 15.6. The van der Waals surface area contributed by atoms with Gasteiger partial charge in [-0.1, -0.05) is 6.42 Å². The van der Waals surface area contributed by atoms with Crippen molar-refractivity contribution in [1.29, 1.82) is 0 Å². The van der Waals surface area contributed by atoms with Gasteiger partial charge in [0.2, 0.25) is 0 Å². The van der Waals surface area contributed by atoms with Gasteiger partial charge < -0.3 is 14.5 Å². The van der Waals surface area contributed by atoms with Gasteiger partial charge >= 0.3 is 6.09 Å². The summed E-state index contributed by atoms with van der Waals surface area (Å²) in [4.78, 5) is 17.9. The fourth-order valence-corrected chi connectivity index (χ4v) is 3.18. The number of likely N-dealkylation sites (tertiary alicyclic amines) is 2. The molecule has 0 aliphatic carbocycles. The van der Waals surface area contributed by atoms with Gasteiger partial charge in [-0.15, -0.1) is 0 Å². The number of hydrogen-bond donors (Lipinski definition) is 0. The molecule has 2 heterocycles. The van der Waals surface area contributed by atoms with Gasteiger partial charge in [-0.25, -0.2) is 4.79 Å². The number of amides is 1. The highest BCUT2D eigenvalue weighted by atomic mass is 16.6. The van der Waals surface area contributed by atoms with Gasteiger partial charge in [0.05, 0.1) is 0 Å². The summed E-state index contributed by atoms with van der Waals surface area (Å²) in [6, 6.07) is 0.788. The molecule has 0 unspecified atom stereocenters. The van der Waals surface area contributed by atoms with Crippen molar-refractivity contribution in [3.63, 3.8) is 0 Å². The van der Waals surface area contributed by atoms with Gasteiger partial charge in [-0.05, 0) is 51.9 Å². The zero-order valence-electron chi connectivity index (χ0n) is 13.0. The Balaban J connectivity index is 1.60. The van der Waals surface area contributed by atoms with Gasteiger partial charge in [0, 0.05) is 26.7 Å². The maximum absolute atomic E-state index is 11.3. The molecule has 2 fully saturated rings. The minimum atomic E-state index is -0.242. The molecule has 0 aromatic carbocycles. The van der Waals surface area contributed by atoms with E-state index in [0.717, 1.165) is 25.7 Å². The van der Waals surface area contributed by atoms with Gasteiger partial charge in [0.15, 0.2) is 0 Å². The van der Waals surface area contributed by atoms with Crippen LogP contribution in [-0.4, -0.2) is 80.3 Å². The Hall–Kier alpha value is -0.810. The first-order chi connectivity index (χ1) is 9.66. The van der Waals surface area contributed by atoms with Crippen LogP contribution in [0.2, 0.25) is 0 Å². The number of rotatable bonds is 4. The lowest BCUT2D eigenvalue weighted by Crippen LogP contribution is -2.47. The normalized spacial score (nSPS) is 22.7. The molecule has 5 nitrogen and oxygen atoms in total. The van der Waals surface area contributed by atoms with E-state index in [2.05, 4.69) is 9.80 Å². The Labute approximate surface area is 122 Å². The Morgan fingerprint density at radius 2 is 1.75 bits per heavy atom. The highest BCUT2D eigenvalue weighted by Gasteiger charge is 2.25. The number of ether oxygens (including phenoxy) is 1. The van der Waals surface area contributed by atoms with Crippen molar-refractivity contribution in [3.05, 3.63) is 0 Å². The average Bonchev–Trinajstić information content (AvgIpc) is 2.48. The lowest BCUT2D eigenvalue weighted by molar-refractivity contribution is 0.0710. The molecule has 0 N–H and O–H groups in total. The van der Waals surface area contributed by atoms with E-state index in [-0.39, 0.29) is 6.09 Å². The van der Waals surface area contributed by atoms with Crippen LogP contribution < -0.4 is 0 Å². The van der Waals surface area contributed by atoms with Crippen molar-refractivity contribution in [2.45, 2.75) is 38.1 Å². The van der Waals surface area contributed by atoms with Crippen LogP contribution in [0.3, 0.4) is 0 Å². The van der Waals surface area contributed by atoms with Crippen molar-refractivity contribution >= 4 is 6.09 Å². The van der Waals surface area contributed by atoms with Crippen LogP contribution in [0.4, 0.5) is 4.79 Å². The van der Waals surface area contributed by atoms with E-state index in [1.807, 2.05) is 0 Å². The highest BCUT2D eigenvalue weighted by Crippen LogP contribution is 2.20. The second-order valence-electron chi connectivity index (χ2n) is 6.18. The zero-order valence-corrected chi connectivity index (χ0v) is 13.0. The van der Waals surface area contributed by atoms with Gasteiger partial charge in [-0.2, -0.15) is 0 Å². The summed E-state index contributed by atoms with van der Waals surface area (Å²) in [5, 5.41) is 0. The monoisotopic (exact) mass is 283 g/mol. The van der Waals surface area contributed by atoms with E-state index in [1.54, 1.807) is 14.1 Å². The summed E-state index contributed by atoms with van der Waals surface area (Å²) < 4.78 is 5.18. The van der Waals surface area contributed by atoms with Crippen LogP contribution in [0.1, 0.15) is 32.1 Å². The van der Waals surface area contributed by atoms with Crippen molar-refractivity contribution in [3.8, 4) is 0 Å². The SMILES string of the molecule is CN(C)C(=O)OCCN1CCC(N2CCCCC2)CC1. The topological polar surface area (TPSA) is 36.0 Å². The molecule has 0 spiro atoms. The first-order valence-electron chi connectivity index (χ1n) is 7.97. The Morgan fingerprint density at radius 1 is 1.10 bits per heavy atom. The first-order valence-corrected chi connectivity index (χ1v) is 7.97. The molecule has 0 aromatic rings. The van der Waals surface area contributed by atoms with Crippen molar-refractivity contribution in [2.75, 3.05) is 53.4 Å². The number of carbonyl (C=O) groups is 1. The molecule has 5 heteroatoms. The van der Waals surface area contributed by atoms with Gasteiger partial charge in [-0.3, -0.25) is 4.90 Å². The molecule has 116 valence electrons. The number of carbonyl (C=O) groups excluding carboxylic acids is 1. The maximum atomic E-state index is 11.3. The predicted octanol–water partition coefficient (Wildman–Crippen LogP) is 1.63. The summed E-state index contributed by atoms with van der Waals surface area (Å²) in [7, 11) is 3.43. The quantitative estimate of drug-likeness (QED) is 0.786. The fraction of sp³-hybridized carbons (Fsp3) is 0.933. The second-order valence-corrected chi connectivity index (χ2v) is 6.18. The van der Waals surface area contributed by atoms with Crippen LogP contribution in [0, 0.1) is 0 Å². The molecule has 0 atom stereocenters. The summed E-state index contributed by atoms with van der Waals surface area (Å²) >= 11 is 0. The minimum Gasteiger partial charge on any atom is -0.448 e. The Bertz CT molecular complexity index is 295. The summed E-state index contributed by atoms with van der Waals surface area (Å²) in [5.74, 6) is 0. The van der Waals surface area contributed by atoms with Gasteiger partial charge in [0.1, 0.15) is 6.61 Å². The number of nitrogens with zero attached hydrogens (tertiary/aromatic N) is 3. The maximum Gasteiger partial charge on any atom is 0.409 e. The fourth-order valence-electron chi connectivity index (χ4n) is 3.18. The molecule has 1 amide bonds. The third-order valence-corrected chi connectivity index (χ3v) is 4.46. The smallest absolute Gasteiger partial charge is 0.409 e. The van der Waals surface area contributed by atoms with Crippen LogP contribution >= 0.6 is 0 Å². The lowest BCUT2D eigenvalue weighted by Gasteiger charge is -2.40. The third-order valence-electron chi connectivity index (χ3n) is 4.46. The molecule has 0 radical (unpaired) electrons. The van der Waals surface area contributed by atoms with Crippen molar-refractivity contribution < 1.29 is 9.53 Å². The predicted molar refractivity (Wildman–Crippen MR) is 79.9 cm³/mol. The summed E-state index contributed by atoms with van der Waals surface area (Å²) in [6.45, 7) is 6.25. The van der Waals surface area contributed by atoms with Gasteiger partial charge in [0.25, 0.3) is 0 Å². The van der Waals surface area contributed by atoms with Crippen molar-refractivity contribution in [2.24, 2.45) is 0 Å². The Kier molecular flexibility index (Phi) is 6.10. The summed E-state index contributed by atoms with van der Waals surface area (Å²) in [6.07, 6.45) is 6.45. The van der Waals surface area contributed by atoms with Crippen molar-refractivity contribution in [1.82, 2.24) is 14.7 Å². The van der Waals surface area contributed by atoms with E-state index < -0.39 is 0 Å². The molecule has 0 aromatic heterocycles. The average molecular weight is 283 g/mol. The van der Waals surface area contributed by atoms with Crippen LogP contribution in [0.25, 0.3) is 0 Å². The largest absolute Gasteiger partial charge is 0.448 e. The molecular weight excluding hydrogens is 254 g/mol. The van der Waals surface area contributed by atoms with E-state index in [0.29, 0.717) is 6.61 Å². The highest BCUT2D eigenvalue weighted by molar-refractivity contribution is 5.66. The second kappa shape index (κ2) is 7.84. The lowest BCUT2D eigenvalue weighted by atomic mass is 10.00. The summed E-state index contributed by atoms with van der Waals surface area (Å²) in [5.41, 5.74) is 0. The van der Waals surface area contributed by atoms with Crippen LogP contribution in [0.15, 0.2) is 0 Å². The molecule has 2 rings (SSSR count). The van der Waals surface area contributed by atoms with E-state index in [1.165, 1.54) is 50.1 Å². The van der Waals surface area contributed by atoms with E-state index in [4.69, 9.17) is 4.74 Å². The minimum absolute atomic E-state index is 0.242. The molecule has 2 aliphatic rings. The molecule has 2 aliphatic heterocycles. The Morgan fingerprint density at radius 3 is 2.35 bits per heavy atom. The zero-order chi connectivity index (χ0) is 14.4. The molecule has 0 bridgehead atoms. The number of piperidine rings is 2. The van der Waals surface area contributed by atoms with Crippen LogP contribution in [-0.2, 0) is 4.74 Å². The molecular formula is C15H29N3O2.